The van der Waals surface area contributed by atoms with Gasteiger partial charge in [-0.2, -0.15) is 4.39 Å². The number of nitro groups is 1. The van der Waals surface area contributed by atoms with Crippen LogP contribution in [0.4, 0.5) is 10.1 Å². The Morgan fingerprint density at radius 2 is 2.11 bits per heavy atom. The fourth-order valence-electron chi connectivity index (χ4n) is 2.19. The molecule has 1 heterocycles. The van der Waals surface area contributed by atoms with E-state index in [-0.39, 0.29) is 0 Å². The Bertz CT molecular complexity index is 447. The summed E-state index contributed by atoms with van der Waals surface area (Å²) in [6.07, 6.45) is 1.40. The summed E-state index contributed by atoms with van der Waals surface area (Å²) in [6, 6.07) is 3.53. The Balaban J connectivity index is 2.11. The highest BCUT2D eigenvalue weighted by molar-refractivity contribution is 5.37. The van der Waals surface area contributed by atoms with Gasteiger partial charge in [-0.1, -0.05) is 6.07 Å². The van der Waals surface area contributed by atoms with Gasteiger partial charge in [0.1, 0.15) is 0 Å². The van der Waals surface area contributed by atoms with Crippen molar-refractivity contribution >= 4 is 5.69 Å². The second-order valence-electron chi connectivity index (χ2n) is 4.49. The second-order valence-corrected chi connectivity index (χ2v) is 4.49. The molecule has 0 amide bonds. The molecule has 0 aliphatic carbocycles. The zero-order valence-corrected chi connectivity index (χ0v) is 9.88. The normalized spacial score (nSPS) is 17.9. The van der Waals surface area contributed by atoms with Crippen molar-refractivity contribution in [2.24, 2.45) is 0 Å². The molecule has 6 heteroatoms. The van der Waals surface area contributed by atoms with Gasteiger partial charge in [0.05, 0.1) is 11.0 Å². The molecule has 1 aliphatic rings. The summed E-state index contributed by atoms with van der Waals surface area (Å²) < 4.78 is 13.2. The van der Waals surface area contributed by atoms with E-state index in [1.165, 1.54) is 6.07 Å². The van der Waals surface area contributed by atoms with Crippen LogP contribution in [-0.4, -0.2) is 34.6 Å². The molecule has 5 nitrogen and oxygen atoms in total. The molecule has 1 N–H and O–H groups in total. The fraction of sp³-hybridized carbons (Fsp3) is 0.500. The summed E-state index contributed by atoms with van der Waals surface area (Å²) in [5.41, 5.74) is -0.206. The van der Waals surface area contributed by atoms with Crippen molar-refractivity contribution in [2.45, 2.75) is 18.9 Å². The summed E-state index contributed by atoms with van der Waals surface area (Å²) in [6.45, 7) is 2.30. The van der Waals surface area contributed by atoms with Crippen LogP contribution in [0.2, 0.25) is 0 Å². The lowest BCUT2D eigenvalue weighted by Gasteiger charge is -2.19. The molecule has 1 aromatic carbocycles. The molecule has 1 atom stereocenters. The van der Waals surface area contributed by atoms with Crippen LogP contribution < -0.4 is 0 Å². The molecule has 0 spiro atoms. The molecule has 1 unspecified atom stereocenters. The van der Waals surface area contributed by atoms with Crippen molar-refractivity contribution in [1.29, 1.82) is 0 Å². The van der Waals surface area contributed by atoms with Gasteiger partial charge in [-0.25, -0.2) is 0 Å². The van der Waals surface area contributed by atoms with Crippen LogP contribution in [0.15, 0.2) is 18.2 Å². The minimum atomic E-state index is -0.878. The lowest BCUT2D eigenvalue weighted by molar-refractivity contribution is -0.387. The van der Waals surface area contributed by atoms with E-state index >= 15 is 0 Å². The number of likely N-dealkylation sites (tertiary alicyclic amines) is 1. The van der Waals surface area contributed by atoms with Crippen LogP contribution >= 0.6 is 0 Å². The monoisotopic (exact) mass is 254 g/mol. The van der Waals surface area contributed by atoms with E-state index in [2.05, 4.69) is 4.90 Å². The number of nitrogens with zero attached hydrogens (tertiary/aromatic N) is 2. The summed E-state index contributed by atoms with van der Waals surface area (Å²) in [5, 5.41) is 20.6. The van der Waals surface area contributed by atoms with Crippen LogP contribution in [0, 0.1) is 15.9 Å². The molecule has 1 aliphatic heterocycles. The largest absolute Gasteiger partial charge is 0.387 e. The van der Waals surface area contributed by atoms with Crippen LogP contribution in [0.1, 0.15) is 24.5 Å². The van der Waals surface area contributed by atoms with Crippen molar-refractivity contribution in [2.75, 3.05) is 19.6 Å². The maximum absolute atomic E-state index is 13.2. The standard InChI is InChI=1S/C12H15FN2O3/c13-10-4-3-9(7-11(10)15(17)18)12(16)8-14-5-1-2-6-14/h3-4,7,12,16H,1-2,5-6,8H2. The molecular weight excluding hydrogens is 239 g/mol. The van der Waals surface area contributed by atoms with Gasteiger partial charge in [-0.15, -0.1) is 0 Å². The van der Waals surface area contributed by atoms with Gasteiger partial charge in [0.2, 0.25) is 5.82 Å². The van der Waals surface area contributed by atoms with Gasteiger partial charge < -0.3 is 10.0 Å². The van der Waals surface area contributed by atoms with Crippen LogP contribution in [0.3, 0.4) is 0 Å². The average Bonchev–Trinajstić information content (AvgIpc) is 2.81. The summed E-state index contributed by atoms with van der Waals surface area (Å²) in [4.78, 5) is 11.9. The quantitative estimate of drug-likeness (QED) is 0.658. The van der Waals surface area contributed by atoms with Crippen molar-refractivity contribution in [3.63, 3.8) is 0 Å². The number of benzene rings is 1. The third kappa shape index (κ3) is 2.83. The number of halogens is 1. The number of aliphatic hydroxyl groups is 1. The van der Waals surface area contributed by atoms with Crippen LogP contribution in [0.5, 0.6) is 0 Å². The first-order chi connectivity index (χ1) is 8.58. The molecule has 0 radical (unpaired) electrons. The van der Waals surface area contributed by atoms with Gasteiger partial charge in [0.15, 0.2) is 0 Å². The third-order valence-corrected chi connectivity index (χ3v) is 3.18. The number of rotatable bonds is 4. The van der Waals surface area contributed by atoms with E-state index in [0.717, 1.165) is 38.1 Å². The first-order valence-corrected chi connectivity index (χ1v) is 5.92. The fourth-order valence-corrected chi connectivity index (χ4v) is 2.19. The Labute approximate surface area is 104 Å². The van der Waals surface area contributed by atoms with E-state index < -0.39 is 22.5 Å². The smallest absolute Gasteiger partial charge is 0.305 e. The van der Waals surface area contributed by atoms with Crippen LogP contribution in [0.25, 0.3) is 0 Å². The molecule has 0 saturated carbocycles. The Kier molecular flexibility index (Phi) is 3.88. The molecule has 1 saturated heterocycles. The predicted molar refractivity (Wildman–Crippen MR) is 63.7 cm³/mol. The number of hydrogen-bond donors (Lipinski definition) is 1. The van der Waals surface area contributed by atoms with Gasteiger partial charge in [-0.3, -0.25) is 10.1 Å². The lowest BCUT2D eigenvalue weighted by atomic mass is 10.1. The third-order valence-electron chi connectivity index (χ3n) is 3.18. The Morgan fingerprint density at radius 1 is 1.44 bits per heavy atom. The van der Waals surface area contributed by atoms with E-state index in [0.29, 0.717) is 12.1 Å². The maximum Gasteiger partial charge on any atom is 0.305 e. The van der Waals surface area contributed by atoms with Crippen molar-refractivity contribution in [3.05, 3.63) is 39.7 Å². The first kappa shape index (κ1) is 12.9. The predicted octanol–water partition coefficient (Wildman–Crippen LogP) is 1.86. The van der Waals surface area contributed by atoms with E-state index in [9.17, 15) is 19.6 Å². The highest BCUT2D eigenvalue weighted by atomic mass is 19.1. The van der Waals surface area contributed by atoms with E-state index in [1.807, 2.05) is 0 Å². The van der Waals surface area contributed by atoms with E-state index in [1.54, 1.807) is 0 Å². The van der Waals surface area contributed by atoms with Gasteiger partial charge in [0.25, 0.3) is 0 Å². The summed E-state index contributed by atoms with van der Waals surface area (Å²) in [7, 11) is 0. The summed E-state index contributed by atoms with van der Waals surface area (Å²) in [5.74, 6) is -0.878. The maximum atomic E-state index is 13.2. The molecular formula is C12H15FN2O3. The SMILES string of the molecule is O=[N+]([O-])c1cc(C(O)CN2CCCC2)ccc1F. The lowest BCUT2D eigenvalue weighted by Crippen LogP contribution is -2.25. The van der Waals surface area contributed by atoms with Gasteiger partial charge >= 0.3 is 5.69 Å². The molecule has 98 valence electrons. The van der Waals surface area contributed by atoms with Gasteiger partial charge in [0, 0.05) is 12.6 Å². The van der Waals surface area contributed by atoms with Crippen molar-refractivity contribution < 1.29 is 14.4 Å². The van der Waals surface area contributed by atoms with Crippen LogP contribution in [-0.2, 0) is 0 Å². The highest BCUT2D eigenvalue weighted by Gasteiger charge is 2.20. The highest BCUT2D eigenvalue weighted by Crippen LogP contribution is 2.24. The molecule has 0 bridgehead atoms. The number of nitro benzene ring substituents is 1. The Morgan fingerprint density at radius 3 is 2.72 bits per heavy atom. The minimum Gasteiger partial charge on any atom is -0.387 e. The Hall–Kier alpha value is -1.53. The number of β-amino-alcohol motifs (C(OH)–C–C–N with tert-alkyl or cyclic N) is 1. The zero-order valence-electron chi connectivity index (χ0n) is 9.88. The minimum absolute atomic E-state index is 0.384. The van der Waals surface area contributed by atoms with Crippen molar-refractivity contribution in [1.82, 2.24) is 4.90 Å². The molecule has 1 aromatic rings. The van der Waals surface area contributed by atoms with Gasteiger partial charge in [-0.05, 0) is 37.6 Å². The second kappa shape index (κ2) is 5.41. The number of hydrogen-bond acceptors (Lipinski definition) is 4. The molecule has 2 rings (SSSR count). The average molecular weight is 254 g/mol. The zero-order chi connectivity index (χ0) is 13.1. The molecule has 18 heavy (non-hydrogen) atoms. The topological polar surface area (TPSA) is 66.6 Å². The number of aliphatic hydroxyl groups excluding tert-OH is 1. The summed E-state index contributed by atoms with van der Waals surface area (Å²) >= 11 is 0. The van der Waals surface area contributed by atoms with E-state index in [4.69, 9.17) is 0 Å². The van der Waals surface area contributed by atoms with Crippen molar-refractivity contribution in [3.8, 4) is 0 Å². The molecule has 0 aromatic heterocycles. The molecule has 1 fully saturated rings. The first-order valence-electron chi connectivity index (χ1n) is 5.92.